The molecule has 0 amide bonds. The number of benzene rings is 1. The summed E-state index contributed by atoms with van der Waals surface area (Å²) in [6.07, 6.45) is 6.68. The summed E-state index contributed by atoms with van der Waals surface area (Å²) in [5, 5.41) is 0. The van der Waals surface area contributed by atoms with Crippen molar-refractivity contribution in [2.75, 3.05) is 11.5 Å². The van der Waals surface area contributed by atoms with E-state index in [2.05, 4.69) is 35.0 Å². The molecule has 0 unspecified atom stereocenters. The van der Waals surface area contributed by atoms with Crippen LogP contribution in [0.15, 0.2) is 27.6 Å². The minimum Gasteiger partial charge on any atom is -0.398 e. The van der Waals surface area contributed by atoms with Crippen LogP contribution in [0.3, 0.4) is 0 Å². The predicted octanol–water partition coefficient (Wildman–Crippen LogP) is 5.09. The second-order valence-electron chi connectivity index (χ2n) is 3.94. The molecule has 0 aliphatic rings. The molecule has 3 heteroatoms. The van der Waals surface area contributed by atoms with Gasteiger partial charge in [0.2, 0.25) is 0 Å². The Bertz CT molecular complexity index is 315. The molecule has 0 bridgehead atoms. The van der Waals surface area contributed by atoms with Gasteiger partial charge in [0.25, 0.3) is 0 Å². The van der Waals surface area contributed by atoms with Crippen LogP contribution in [0.25, 0.3) is 0 Å². The molecular formula is C13H20BrNS. The summed E-state index contributed by atoms with van der Waals surface area (Å²) in [6, 6.07) is 6.12. The maximum absolute atomic E-state index is 5.93. The summed E-state index contributed by atoms with van der Waals surface area (Å²) in [5.41, 5.74) is 6.82. The van der Waals surface area contributed by atoms with Crippen LogP contribution >= 0.6 is 27.7 Å². The quantitative estimate of drug-likeness (QED) is 0.431. The number of rotatable bonds is 7. The monoisotopic (exact) mass is 301 g/mol. The molecule has 0 spiro atoms. The van der Waals surface area contributed by atoms with Crippen LogP contribution in [0.4, 0.5) is 5.69 Å². The van der Waals surface area contributed by atoms with Gasteiger partial charge < -0.3 is 5.73 Å². The van der Waals surface area contributed by atoms with Gasteiger partial charge in [-0.3, -0.25) is 0 Å². The number of anilines is 1. The van der Waals surface area contributed by atoms with E-state index in [4.69, 9.17) is 5.73 Å². The van der Waals surface area contributed by atoms with Crippen molar-refractivity contribution < 1.29 is 0 Å². The van der Waals surface area contributed by atoms with Crippen LogP contribution in [0.2, 0.25) is 0 Å². The average molecular weight is 302 g/mol. The Morgan fingerprint density at radius 2 is 1.94 bits per heavy atom. The average Bonchev–Trinajstić information content (AvgIpc) is 2.26. The standard InChI is InChI=1S/C13H20BrNS/c1-2-3-4-5-6-9-16-13-8-7-11(14)10-12(13)15/h7-8,10H,2-6,9,15H2,1H3. The van der Waals surface area contributed by atoms with Gasteiger partial charge in [0, 0.05) is 15.1 Å². The van der Waals surface area contributed by atoms with Crippen molar-refractivity contribution >= 4 is 33.4 Å². The van der Waals surface area contributed by atoms with Gasteiger partial charge in [0.1, 0.15) is 0 Å². The normalized spacial score (nSPS) is 10.6. The van der Waals surface area contributed by atoms with Crippen molar-refractivity contribution in [3.8, 4) is 0 Å². The van der Waals surface area contributed by atoms with Gasteiger partial charge >= 0.3 is 0 Å². The SMILES string of the molecule is CCCCCCCSc1ccc(Br)cc1N. The molecule has 0 saturated heterocycles. The van der Waals surface area contributed by atoms with Crippen molar-refractivity contribution in [3.05, 3.63) is 22.7 Å². The molecule has 0 heterocycles. The summed E-state index contributed by atoms with van der Waals surface area (Å²) < 4.78 is 1.05. The third-order valence-corrected chi connectivity index (χ3v) is 4.15. The molecule has 90 valence electrons. The Labute approximate surface area is 111 Å². The zero-order valence-corrected chi connectivity index (χ0v) is 12.2. The van der Waals surface area contributed by atoms with Gasteiger partial charge in [0.05, 0.1) is 0 Å². The van der Waals surface area contributed by atoms with Crippen molar-refractivity contribution in [1.82, 2.24) is 0 Å². The van der Waals surface area contributed by atoms with Crippen LogP contribution in [-0.4, -0.2) is 5.75 Å². The van der Waals surface area contributed by atoms with E-state index in [0.29, 0.717) is 0 Å². The van der Waals surface area contributed by atoms with Crippen molar-refractivity contribution in [1.29, 1.82) is 0 Å². The van der Waals surface area contributed by atoms with Crippen LogP contribution < -0.4 is 5.73 Å². The van der Waals surface area contributed by atoms with Gasteiger partial charge in [-0.15, -0.1) is 11.8 Å². The molecule has 1 aromatic rings. The molecule has 0 aromatic heterocycles. The molecule has 2 N–H and O–H groups in total. The van der Waals surface area contributed by atoms with Crippen molar-refractivity contribution in [2.45, 2.75) is 43.9 Å². The smallest absolute Gasteiger partial charge is 0.0463 e. The summed E-state index contributed by atoms with van der Waals surface area (Å²) >= 11 is 5.29. The lowest BCUT2D eigenvalue weighted by Gasteiger charge is -2.05. The van der Waals surface area contributed by atoms with E-state index in [1.165, 1.54) is 42.8 Å². The van der Waals surface area contributed by atoms with Crippen LogP contribution in [0, 0.1) is 0 Å². The topological polar surface area (TPSA) is 26.0 Å². The van der Waals surface area contributed by atoms with Gasteiger partial charge in [-0.25, -0.2) is 0 Å². The van der Waals surface area contributed by atoms with Gasteiger partial charge in [-0.2, -0.15) is 0 Å². The van der Waals surface area contributed by atoms with E-state index in [-0.39, 0.29) is 0 Å². The highest BCUT2D eigenvalue weighted by Gasteiger charge is 2.00. The second kappa shape index (κ2) is 8.02. The molecule has 1 nitrogen and oxygen atoms in total. The molecule has 0 aliphatic carbocycles. The van der Waals surface area contributed by atoms with Gasteiger partial charge in [-0.05, 0) is 30.4 Å². The Hall–Kier alpha value is -0.150. The molecule has 1 rings (SSSR count). The first-order valence-electron chi connectivity index (χ1n) is 5.92. The fourth-order valence-electron chi connectivity index (χ4n) is 1.54. The summed E-state index contributed by atoms with van der Waals surface area (Å²) in [4.78, 5) is 1.21. The Balaban J connectivity index is 2.21. The van der Waals surface area contributed by atoms with Crippen LogP contribution in [0.5, 0.6) is 0 Å². The highest BCUT2D eigenvalue weighted by Crippen LogP contribution is 2.28. The lowest BCUT2D eigenvalue weighted by Crippen LogP contribution is -1.89. The Kier molecular flexibility index (Phi) is 6.97. The molecule has 16 heavy (non-hydrogen) atoms. The number of nitrogen functional groups attached to an aromatic ring is 1. The third kappa shape index (κ3) is 5.26. The van der Waals surface area contributed by atoms with E-state index < -0.39 is 0 Å². The zero-order valence-electron chi connectivity index (χ0n) is 9.84. The zero-order chi connectivity index (χ0) is 11.8. The first-order chi connectivity index (χ1) is 7.74. The van der Waals surface area contributed by atoms with Crippen molar-refractivity contribution in [2.24, 2.45) is 0 Å². The van der Waals surface area contributed by atoms with E-state index in [9.17, 15) is 0 Å². The summed E-state index contributed by atoms with van der Waals surface area (Å²) in [6.45, 7) is 2.25. The predicted molar refractivity (Wildman–Crippen MR) is 78.0 cm³/mol. The highest BCUT2D eigenvalue weighted by molar-refractivity contribution is 9.10. The Morgan fingerprint density at radius 3 is 2.62 bits per heavy atom. The molecule has 1 aromatic carbocycles. The third-order valence-electron chi connectivity index (χ3n) is 2.48. The van der Waals surface area contributed by atoms with E-state index in [1.54, 1.807) is 0 Å². The van der Waals surface area contributed by atoms with Crippen molar-refractivity contribution in [3.63, 3.8) is 0 Å². The van der Waals surface area contributed by atoms with Gasteiger partial charge in [-0.1, -0.05) is 48.5 Å². The number of unbranched alkanes of at least 4 members (excludes halogenated alkanes) is 4. The highest BCUT2D eigenvalue weighted by atomic mass is 79.9. The Morgan fingerprint density at radius 1 is 1.19 bits per heavy atom. The van der Waals surface area contributed by atoms with Crippen LogP contribution in [0.1, 0.15) is 39.0 Å². The molecule has 0 aliphatic heterocycles. The molecule has 0 saturated carbocycles. The van der Waals surface area contributed by atoms with E-state index in [0.717, 1.165) is 10.2 Å². The minimum atomic E-state index is 0.882. The first-order valence-corrected chi connectivity index (χ1v) is 7.69. The lowest BCUT2D eigenvalue weighted by atomic mass is 10.2. The number of thioether (sulfide) groups is 1. The fraction of sp³-hybridized carbons (Fsp3) is 0.538. The maximum Gasteiger partial charge on any atom is 0.0463 e. The van der Waals surface area contributed by atoms with E-state index in [1.807, 2.05) is 17.8 Å². The van der Waals surface area contributed by atoms with Gasteiger partial charge in [0.15, 0.2) is 0 Å². The van der Waals surface area contributed by atoms with Crippen LogP contribution in [-0.2, 0) is 0 Å². The second-order valence-corrected chi connectivity index (χ2v) is 6.00. The van der Waals surface area contributed by atoms with E-state index >= 15 is 0 Å². The summed E-state index contributed by atoms with van der Waals surface area (Å²) in [7, 11) is 0. The first kappa shape index (κ1) is 13.9. The maximum atomic E-state index is 5.93. The summed E-state index contributed by atoms with van der Waals surface area (Å²) in [5.74, 6) is 1.18. The number of halogens is 1. The molecule has 0 fully saturated rings. The number of hydrogen-bond donors (Lipinski definition) is 1. The number of nitrogens with two attached hydrogens (primary N) is 1. The number of hydrogen-bond acceptors (Lipinski definition) is 2. The lowest BCUT2D eigenvalue weighted by molar-refractivity contribution is 0.659. The molecule has 0 atom stereocenters. The largest absolute Gasteiger partial charge is 0.398 e. The minimum absolute atomic E-state index is 0.882. The fourth-order valence-corrected chi connectivity index (χ4v) is 2.88. The molecule has 0 radical (unpaired) electrons. The molecular weight excluding hydrogens is 282 g/mol.